The highest BCUT2D eigenvalue weighted by molar-refractivity contribution is 7.78. The van der Waals surface area contributed by atoms with Gasteiger partial charge in [0.1, 0.15) is 15.4 Å². The number of carbonyl (C=O) groups is 1. The molecular formula is C22H22N3O4S2-. The van der Waals surface area contributed by atoms with Crippen molar-refractivity contribution in [1.82, 2.24) is 14.9 Å². The molecule has 0 N–H and O–H groups in total. The predicted molar refractivity (Wildman–Crippen MR) is 121 cm³/mol. The Morgan fingerprint density at radius 3 is 2.65 bits per heavy atom. The van der Waals surface area contributed by atoms with E-state index in [-0.39, 0.29) is 18.0 Å². The second-order valence-corrected chi connectivity index (χ2v) is 9.42. The molecule has 0 aliphatic carbocycles. The Balaban J connectivity index is 1.51. The number of amides is 1. The second-order valence-electron chi connectivity index (χ2n) is 7.54. The number of fused-ring (bicyclic) bond motifs is 1. The van der Waals surface area contributed by atoms with Gasteiger partial charge in [0, 0.05) is 24.4 Å². The fraction of sp³-hybridized carbons (Fsp3) is 0.318. The van der Waals surface area contributed by atoms with Crippen LogP contribution in [-0.4, -0.2) is 48.9 Å². The van der Waals surface area contributed by atoms with Gasteiger partial charge in [0.2, 0.25) is 0 Å². The molecule has 1 atom stereocenters. The third kappa shape index (κ3) is 5.17. The zero-order valence-electron chi connectivity index (χ0n) is 17.2. The molecule has 3 aromatic rings. The second kappa shape index (κ2) is 9.25. The quantitative estimate of drug-likeness (QED) is 0.529. The summed E-state index contributed by atoms with van der Waals surface area (Å²) in [5.41, 5.74) is 4.44. The maximum Gasteiger partial charge on any atom is 0.410 e. The monoisotopic (exact) mass is 456 g/mol. The van der Waals surface area contributed by atoms with Crippen molar-refractivity contribution in [3.63, 3.8) is 0 Å². The summed E-state index contributed by atoms with van der Waals surface area (Å²) in [6.07, 6.45) is 2.34. The lowest BCUT2D eigenvalue weighted by molar-refractivity contribution is 0.0799. The number of hydrogen-bond donors (Lipinski definition) is 0. The Morgan fingerprint density at radius 1 is 1.23 bits per heavy atom. The Morgan fingerprint density at radius 2 is 2.00 bits per heavy atom. The van der Waals surface area contributed by atoms with Crippen LogP contribution in [0, 0.1) is 0 Å². The standard InChI is InChI=1S/C22H23N3O4S2/c1-14(2)29-22(26)25-11-9-17(10-12-25)20-24-19-8-7-18(23-21(19)30-20)16-5-3-15(4-6-16)13-31(27)28/h3-9,14H,10-13H2,1-2H3,(H,27,28)/p-1. The van der Waals surface area contributed by atoms with Crippen LogP contribution in [0.25, 0.3) is 27.2 Å². The average molecular weight is 457 g/mol. The lowest BCUT2D eigenvalue weighted by Crippen LogP contribution is -2.36. The molecule has 162 valence electrons. The van der Waals surface area contributed by atoms with Gasteiger partial charge >= 0.3 is 6.09 Å². The van der Waals surface area contributed by atoms with Crippen molar-refractivity contribution in [2.45, 2.75) is 32.1 Å². The van der Waals surface area contributed by atoms with Gasteiger partial charge in [-0.25, -0.2) is 14.8 Å². The first-order chi connectivity index (χ1) is 14.9. The molecule has 0 spiro atoms. The van der Waals surface area contributed by atoms with Crippen molar-refractivity contribution in [1.29, 1.82) is 0 Å². The van der Waals surface area contributed by atoms with Crippen LogP contribution < -0.4 is 0 Å². The molecule has 1 aliphatic heterocycles. The van der Waals surface area contributed by atoms with E-state index >= 15 is 0 Å². The van der Waals surface area contributed by atoms with Crippen molar-refractivity contribution in [2.24, 2.45) is 0 Å². The molecule has 0 radical (unpaired) electrons. The van der Waals surface area contributed by atoms with E-state index in [1.165, 1.54) is 11.3 Å². The van der Waals surface area contributed by atoms with Gasteiger partial charge in [-0.1, -0.05) is 52.8 Å². The topological polar surface area (TPSA) is 95.5 Å². The highest BCUT2D eigenvalue weighted by atomic mass is 32.2. The normalized spacial score (nSPS) is 15.2. The summed E-state index contributed by atoms with van der Waals surface area (Å²) in [5.74, 6) is 0.00663. The SMILES string of the molecule is CC(C)OC(=O)N1CC=C(c2nc3ccc(-c4ccc(CS(=O)[O-])cc4)nc3s2)CC1. The van der Waals surface area contributed by atoms with Crippen LogP contribution in [0.2, 0.25) is 0 Å². The number of aromatic nitrogens is 2. The molecule has 0 bridgehead atoms. The van der Waals surface area contributed by atoms with Crippen molar-refractivity contribution in [3.8, 4) is 11.3 Å². The predicted octanol–water partition coefficient (Wildman–Crippen LogP) is 4.37. The highest BCUT2D eigenvalue weighted by Crippen LogP contribution is 2.31. The first kappa shape index (κ1) is 21.6. The van der Waals surface area contributed by atoms with Gasteiger partial charge in [0.15, 0.2) is 0 Å². The molecule has 1 amide bonds. The number of ether oxygens (including phenoxy) is 1. The number of thiazole rings is 1. The first-order valence-electron chi connectivity index (χ1n) is 9.97. The van der Waals surface area contributed by atoms with E-state index < -0.39 is 11.1 Å². The Kier molecular flexibility index (Phi) is 6.45. The number of carbonyl (C=O) groups excluding carboxylic acids is 1. The van der Waals surface area contributed by atoms with E-state index in [4.69, 9.17) is 14.7 Å². The number of pyridine rings is 1. The summed E-state index contributed by atoms with van der Waals surface area (Å²) in [5, 5.41) is 0.921. The van der Waals surface area contributed by atoms with Crippen molar-refractivity contribution < 1.29 is 18.3 Å². The number of hydrogen-bond acceptors (Lipinski definition) is 7. The van der Waals surface area contributed by atoms with E-state index in [9.17, 15) is 13.6 Å². The fourth-order valence-corrected chi connectivity index (χ4v) is 4.80. The summed E-state index contributed by atoms with van der Waals surface area (Å²) >= 11 is -0.562. The molecule has 9 heteroatoms. The molecule has 1 aliphatic rings. The van der Waals surface area contributed by atoms with Crippen LogP contribution in [0.4, 0.5) is 4.79 Å². The van der Waals surface area contributed by atoms with Gasteiger partial charge in [-0.05, 0) is 43.5 Å². The fourth-order valence-electron chi connectivity index (χ4n) is 3.33. The van der Waals surface area contributed by atoms with Crippen LogP contribution in [0.3, 0.4) is 0 Å². The first-order valence-corrected chi connectivity index (χ1v) is 12.0. The van der Waals surface area contributed by atoms with Gasteiger partial charge < -0.3 is 14.2 Å². The van der Waals surface area contributed by atoms with Gasteiger partial charge in [-0.15, -0.1) is 0 Å². The summed E-state index contributed by atoms with van der Waals surface area (Å²) < 4.78 is 27.0. The zero-order valence-corrected chi connectivity index (χ0v) is 18.9. The molecule has 0 saturated heterocycles. The van der Waals surface area contributed by atoms with E-state index in [1.54, 1.807) is 17.0 Å². The molecule has 0 fully saturated rings. The molecule has 3 heterocycles. The Bertz CT molecular complexity index is 1160. The third-order valence-corrected chi connectivity index (χ3v) is 6.48. The van der Waals surface area contributed by atoms with Gasteiger partial charge in [0.05, 0.1) is 11.8 Å². The molecule has 2 aromatic heterocycles. The van der Waals surface area contributed by atoms with Crippen LogP contribution >= 0.6 is 11.3 Å². The zero-order chi connectivity index (χ0) is 22.0. The highest BCUT2D eigenvalue weighted by Gasteiger charge is 2.21. The summed E-state index contributed by atoms with van der Waals surface area (Å²) in [6.45, 7) is 4.80. The molecule has 1 unspecified atom stereocenters. The van der Waals surface area contributed by atoms with Crippen LogP contribution in [0.1, 0.15) is 30.8 Å². The third-order valence-electron chi connectivity index (χ3n) is 4.87. The van der Waals surface area contributed by atoms with Crippen LogP contribution in [-0.2, 0) is 21.6 Å². The van der Waals surface area contributed by atoms with Crippen molar-refractivity contribution >= 4 is 44.4 Å². The number of nitrogens with zero attached hydrogens (tertiary/aromatic N) is 3. The molecule has 1 aromatic carbocycles. The molecular weight excluding hydrogens is 434 g/mol. The van der Waals surface area contributed by atoms with E-state index in [2.05, 4.69) is 0 Å². The lowest BCUT2D eigenvalue weighted by Gasteiger charge is -2.26. The minimum Gasteiger partial charge on any atom is -0.772 e. The van der Waals surface area contributed by atoms with Gasteiger partial charge in [-0.2, -0.15) is 0 Å². The summed E-state index contributed by atoms with van der Waals surface area (Å²) in [7, 11) is 0. The molecule has 31 heavy (non-hydrogen) atoms. The Labute approximate surface area is 187 Å². The maximum absolute atomic E-state index is 12.1. The largest absolute Gasteiger partial charge is 0.772 e. The van der Waals surface area contributed by atoms with E-state index in [0.717, 1.165) is 44.2 Å². The molecule has 7 nitrogen and oxygen atoms in total. The lowest BCUT2D eigenvalue weighted by atomic mass is 10.1. The molecule has 0 saturated carbocycles. The molecule has 4 rings (SSSR count). The summed E-state index contributed by atoms with van der Waals surface area (Å²) in [4.78, 5) is 24.1. The van der Waals surface area contributed by atoms with Crippen molar-refractivity contribution in [3.05, 3.63) is 53.0 Å². The Hall–Kier alpha value is -2.62. The van der Waals surface area contributed by atoms with Crippen LogP contribution in [0.5, 0.6) is 0 Å². The number of benzene rings is 1. The minimum atomic E-state index is -2.10. The van der Waals surface area contributed by atoms with E-state index in [0.29, 0.717) is 13.1 Å². The van der Waals surface area contributed by atoms with Crippen molar-refractivity contribution in [2.75, 3.05) is 13.1 Å². The van der Waals surface area contributed by atoms with E-state index in [1.807, 2.05) is 44.2 Å². The van der Waals surface area contributed by atoms with Gasteiger partial charge in [0.25, 0.3) is 0 Å². The number of rotatable bonds is 5. The minimum absolute atomic E-state index is 0.00663. The van der Waals surface area contributed by atoms with Gasteiger partial charge in [-0.3, -0.25) is 4.21 Å². The average Bonchev–Trinajstić information content (AvgIpc) is 3.17. The summed E-state index contributed by atoms with van der Waals surface area (Å²) in [6, 6.07) is 11.2. The smallest absolute Gasteiger partial charge is 0.410 e. The maximum atomic E-state index is 12.1. The van der Waals surface area contributed by atoms with Crippen LogP contribution in [0.15, 0.2) is 42.5 Å².